The fraction of sp³-hybridized carbons (Fsp3) is 0. The molecule has 84 valence electrons. The zero-order chi connectivity index (χ0) is 11.7. The Morgan fingerprint density at radius 2 is 2.18 bits per heavy atom. The third kappa shape index (κ3) is 1.69. The lowest BCUT2D eigenvalue weighted by Crippen LogP contribution is -1.96. The van der Waals surface area contributed by atoms with Crippen molar-refractivity contribution in [3.05, 3.63) is 42.7 Å². The van der Waals surface area contributed by atoms with E-state index >= 15 is 0 Å². The summed E-state index contributed by atoms with van der Waals surface area (Å²) in [5, 5.41) is 10.2. The molecular weight excluding hydrogens is 221 g/mol. The number of hydrogen-bond acceptors (Lipinski definition) is 4. The molecule has 3 aromatic rings. The minimum Gasteiger partial charge on any atom is -0.337 e. The van der Waals surface area contributed by atoms with Gasteiger partial charge in [-0.2, -0.15) is 5.10 Å². The predicted octanol–water partition coefficient (Wildman–Crippen LogP) is 2.24. The number of benzene rings is 1. The van der Waals surface area contributed by atoms with Gasteiger partial charge in [-0.3, -0.25) is 5.10 Å². The summed E-state index contributed by atoms with van der Waals surface area (Å²) in [6.07, 6.45) is 4.63. The molecule has 5 nitrogen and oxygen atoms in total. The van der Waals surface area contributed by atoms with Crippen LogP contribution in [0.1, 0.15) is 0 Å². The summed E-state index contributed by atoms with van der Waals surface area (Å²) >= 11 is 0. The molecule has 6 heteroatoms. The summed E-state index contributed by atoms with van der Waals surface area (Å²) in [4.78, 5) is 8.01. The minimum absolute atomic E-state index is 0.300. The van der Waals surface area contributed by atoms with Crippen molar-refractivity contribution in [2.45, 2.75) is 0 Å². The first kappa shape index (κ1) is 9.71. The van der Waals surface area contributed by atoms with Crippen molar-refractivity contribution in [1.82, 2.24) is 20.2 Å². The van der Waals surface area contributed by atoms with Crippen molar-refractivity contribution in [3.63, 3.8) is 0 Å². The number of aromatic nitrogens is 4. The number of rotatable bonds is 2. The first-order valence-corrected chi connectivity index (χ1v) is 4.99. The van der Waals surface area contributed by atoms with Crippen molar-refractivity contribution in [3.8, 4) is 0 Å². The molecule has 0 unspecified atom stereocenters. The summed E-state index contributed by atoms with van der Waals surface area (Å²) in [6.45, 7) is 0. The number of fused-ring (bicyclic) bond motifs is 1. The highest BCUT2D eigenvalue weighted by atomic mass is 19.1. The third-order valence-corrected chi connectivity index (χ3v) is 2.38. The molecule has 0 radical (unpaired) electrons. The first-order chi connectivity index (χ1) is 8.34. The predicted molar refractivity (Wildman–Crippen MR) is 61.4 cm³/mol. The number of anilines is 2. The van der Waals surface area contributed by atoms with Crippen LogP contribution in [0.3, 0.4) is 0 Å². The summed E-state index contributed by atoms with van der Waals surface area (Å²) in [5.74, 6) is 0.191. The van der Waals surface area contributed by atoms with E-state index in [2.05, 4.69) is 25.5 Å². The van der Waals surface area contributed by atoms with Crippen LogP contribution in [-0.2, 0) is 0 Å². The molecule has 3 rings (SSSR count). The number of aromatic amines is 1. The fourth-order valence-electron chi connectivity index (χ4n) is 1.61. The Hall–Kier alpha value is -2.50. The van der Waals surface area contributed by atoms with E-state index in [-0.39, 0.29) is 5.82 Å². The highest BCUT2D eigenvalue weighted by Crippen LogP contribution is 2.23. The van der Waals surface area contributed by atoms with Crippen molar-refractivity contribution in [1.29, 1.82) is 0 Å². The molecule has 2 N–H and O–H groups in total. The highest BCUT2D eigenvalue weighted by Gasteiger charge is 2.07. The van der Waals surface area contributed by atoms with E-state index in [0.717, 1.165) is 5.69 Å². The van der Waals surface area contributed by atoms with Gasteiger partial charge in [-0.25, -0.2) is 14.4 Å². The zero-order valence-corrected chi connectivity index (χ0v) is 8.68. The Kier molecular flexibility index (Phi) is 2.18. The largest absolute Gasteiger partial charge is 0.337 e. The van der Waals surface area contributed by atoms with Gasteiger partial charge in [0.2, 0.25) is 0 Å². The zero-order valence-electron chi connectivity index (χ0n) is 8.68. The van der Waals surface area contributed by atoms with Crippen LogP contribution in [0, 0.1) is 5.82 Å². The van der Waals surface area contributed by atoms with Crippen LogP contribution in [0.25, 0.3) is 10.9 Å². The van der Waals surface area contributed by atoms with Gasteiger partial charge in [-0.1, -0.05) is 6.07 Å². The molecule has 1 aromatic carbocycles. The van der Waals surface area contributed by atoms with Crippen LogP contribution in [0.15, 0.2) is 36.9 Å². The molecule has 2 heterocycles. The van der Waals surface area contributed by atoms with Crippen LogP contribution in [0.4, 0.5) is 15.9 Å². The summed E-state index contributed by atoms with van der Waals surface area (Å²) in [5.41, 5.74) is 1.06. The van der Waals surface area contributed by atoms with Gasteiger partial charge in [-0.15, -0.1) is 0 Å². The van der Waals surface area contributed by atoms with Crippen LogP contribution in [0.5, 0.6) is 0 Å². The van der Waals surface area contributed by atoms with E-state index in [9.17, 15) is 4.39 Å². The van der Waals surface area contributed by atoms with Crippen molar-refractivity contribution >= 4 is 22.4 Å². The number of nitrogens with one attached hydrogen (secondary N) is 2. The average Bonchev–Trinajstić information content (AvgIpc) is 2.83. The van der Waals surface area contributed by atoms with E-state index in [1.54, 1.807) is 24.5 Å². The Morgan fingerprint density at radius 1 is 1.24 bits per heavy atom. The number of nitrogens with zero attached hydrogens (tertiary/aromatic N) is 3. The topological polar surface area (TPSA) is 66.5 Å². The molecule has 0 aliphatic heterocycles. The molecule has 0 spiro atoms. The molecule has 0 aliphatic rings. The molecule has 2 aromatic heterocycles. The lowest BCUT2D eigenvalue weighted by molar-refractivity contribution is 0.636. The maximum atomic E-state index is 13.5. The van der Waals surface area contributed by atoms with Gasteiger partial charge < -0.3 is 5.32 Å². The van der Waals surface area contributed by atoms with Crippen LogP contribution >= 0.6 is 0 Å². The van der Waals surface area contributed by atoms with Crippen molar-refractivity contribution in [2.24, 2.45) is 0 Å². The molecule has 0 saturated heterocycles. The van der Waals surface area contributed by atoms with Crippen molar-refractivity contribution in [2.75, 3.05) is 5.32 Å². The Morgan fingerprint density at radius 3 is 3.00 bits per heavy atom. The van der Waals surface area contributed by atoms with Gasteiger partial charge >= 0.3 is 0 Å². The quantitative estimate of drug-likeness (QED) is 0.707. The normalized spacial score (nSPS) is 10.6. The minimum atomic E-state index is -0.361. The Balaban J connectivity index is 2.14. The van der Waals surface area contributed by atoms with E-state index in [4.69, 9.17) is 0 Å². The number of halogens is 1. The fourth-order valence-corrected chi connectivity index (χ4v) is 1.61. The maximum Gasteiger partial charge on any atom is 0.149 e. The van der Waals surface area contributed by atoms with E-state index in [1.165, 1.54) is 12.4 Å². The van der Waals surface area contributed by atoms with Gasteiger partial charge in [0.1, 0.15) is 23.5 Å². The van der Waals surface area contributed by atoms with Gasteiger partial charge in [0.15, 0.2) is 0 Å². The Bertz CT molecular complexity index is 650. The molecule has 0 fully saturated rings. The first-order valence-electron chi connectivity index (χ1n) is 4.99. The monoisotopic (exact) mass is 229 g/mol. The smallest absolute Gasteiger partial charge is 0.149 e. The Labute approximate surface area is 95.7 Å². The standard InChI is InChI=1S/C11H8FN5/c12-9-3-1-2-8-10(9)13-6-14-11(8)17-7-4-15-16-5-7/h1-6H,(H,15,16)(H,13,14,17). The summed E-state index contributed by atoms with van der Waals surface area (Å²) in [7, 11) is 0. The van der Waals surface area contributed by atoms with E-state index in [0.29, 0.717) is 16.7 Å². The second kappa shape index (κ2) is 3.82. The third-order valence-electron chi connectivity index (χ3n) is 2.38. The van der Waals surface area contributed by atoms with Crippen LogP contribution in [0.2, 0.25) is 0 Å². The highest BCUT2D eigenvalue weighted by molar-refractivity contribution is 5.90. The van der Waals surface area contributed by atoms with E-state index < -0.39 is 0 Å². The lowest BCUT2D eigenvalue weighted by atomic mass is 10.2. The summed E-state index contributed by atoms with van der Waals surface area (Å²) < 4.78 is 13.5. The molecule has 0 amide bonds. The van der Waals surface area contributed by atoms with Crippen LogP contribution < -0.4 is 5.32 Å². The second-order valence-electron chi connectivity index (χ2n) is 3.47. The van der Waals surface area contributed by atoms with Gasteiger partial charge in [0.05, 0.1) is 11.9 Å². The van der Waals surface area contributed by atoms with Crippen molar-refractivity contribution < 1.29 is 4.39 Å². The SMILES string of the molecule is Fc1cccc2c(Nc3cn[nH]c3)ncnc12. The number of hydrogen-bond donors (Lipinski definition) is 2. The van der Waals surface area contributed by atoms with Gasteiger partial charge in [0.25, 0.3) is 0 Å². The lowest BCUT2D eigenvalue weighted by Gasteiger charge is -2.05. The second-order valence-corrected chi connectivity index (χ2v) is 3.47. The van der Waals surface area contributed by atoms with E-state index in [1.807, 2.05) is 0 Å². The van der Waals surface area contributed by atoms with Crippen LogP contribution in [-0.4, -0.2) is 20.2 Å². The number of para-hydroxylation sites is 1. The number of H-pyrrole nitrogens is 1. The molecule has 0 atom stereocenters. The average molecular weight is 229 g/mol. The molecule has 0 bridgehead atoms. The molecule has 17 heavy (non-hydrogen) atoms. The summed E-state index contributed by atoms with van der Waals surface area (Å²) in [6, 6.07) is 4.76. The molecule has 0 saturated carbocycles. The maximum absolute atomic E-state index is 13.5. The van der Waals surface area contributed by atoms with Gasteiger partial charge in [0, 0.05) is 11.6 Å². The van der Waals surface area contributed by atoms with Gasteiger partial charge in [-0.05, 0) is 12.1 Å². The molecule has 0 aliphatic carbocycles. The molecular formula is C11H8FN5.